The Morgan fingerprint density at radius 3 is 2.02 bits per heavy atom. The zero-order valence-electron chi connectivity index (χ0n) is 26.6. The number of benzene rings is 2. The standard InChI is InChI=1S/C36H43Cl2NO5/c1-7-43-31-16-23(10-12-30(31)44-21-22-9-11-24(37)25(38)15-22)32-33-26(17-35(2,3)19-28(33)40)39(13-8-14-42-6)27-18-36(4,5)20-29(41)34(27)32/h9-12,15-16,32H,7-8,13-14,17-21H2,1-6H3. The molecule has 0 aromatic heterocycles. The molecule has 0 saturated carbocycles. The molecule has 0 N–H and O–H groups in total. The van der Waals surface area contributed by atoms with Crippen molar-refractivity contribution in [1.82, 2.24) is 4.90 Å². The van der Waals surface area contributed by atoms with Crippen LogP contribution in [0.3, 0.4) is 0 Å². The number of nitrogens with zero attached hydrogens (tertiary/aromatic N) is 1. The molecule has 0 fully saturated rings. The van der Waals surface area contributed by atoms with Crippen LogP contribution in [0, 0.1) is 10.8 Å². The first-order valence-electron chi connectivity index (χ1n) is 15.5. The van der Waals surface area contributed by atoms with Gasteiger partial charge in [0.15, 0.2) is 23.1 Å². The molecule has 0 amide bonds. The molecule has 44 heavy (non-hydrogen) atoms. The van der Waals surface area contributed by atoms with Gasteiger partial charge in [-0.1, -0.05) is 63.0 Å². The first kappa shape index (κ1) is 32.6. The first-order valence-corrected chi connectivity index (χ1v) is 16.2. The Hall–Kier alpha value is -2.80. The molecule has 8 heteroatoms. The summed E-state index contributed by atoms with van der Waals surface area (Å²) in [5, 5.41) is 0.957. The van der Waals surface area contributed by atoms with Crippen LogP contribution in [0.2, 0.25) is 10.0 Å². The summed E-state index contributed by atoms with van der Waals surface area (Å²) >= 11 is 12.3. The average Bonchev–Trinajstić information content (AvgIpc) is 2.93. The van der Waals surface area contributed by atoms with Crippen molar-refractivity contribution < 1.29 is 23.8 Å². The minimum Gasteiger partial charge on any atom is -0.490 e. The van der Waals surface area contributed by atoms with Crippen LogP contribution in [-0.4, -0.2) is 43.3 Å². The minimum absolute atomic E-state index is 0.111. The number of Topliss-reactive ketones (excluding diaryl/α,β-unsaturated/α-hetero) is 2. The Bertz CT molecular complexity index is 1470. The second kappa shape index (κ2) is 12.9. The van der Waals surface area contributed by atoms with Crippen molar-refractivity contribution in [3.63, 3.8) is 0 Å². The van der Waals surface area contributed by atoms with E-state index in [4.69, 9.17) is 37.4 Å². The zero-order chi connectivity index (χ0) is 31.8. The van der Waals surface area contributed by atoms with Crippen LogP contribution in [0.15, 0.2) is 58.9 Å². The molecule has 1 heterocycles. The number of carbonyl (C=O) groups excluding carboxylic acids is 2. The van der Waals surface area contributed by atoms with Crippen molar-refractivity contribution in [2.75, 3.05) is 26.9 Å². The predicted octanol–water partition coefficient (Wildman–Crippen LogP) is 8.69. The van der Waals surface area contributed by atoms with E-state index in [1.165, 1.54) is 0 Å². The Kier molecular flexibility index (Phi) is 9.55. The molecule has 0 atom stereocenters. The molecule has 1 aliphatic heterocycles. The highest BCUT2D eigenvalue weighted by Crippen LogP contribution is 2.55. The number of methoxy groups -OCH3 is 1. The fourth-order valence-electron chi connectivity index (χ4n) is 6.90. The molecule has 0 saturated heterocycles. The molecule has 0 bridgehead atoms. The summed E-state index contributed by atoms with van der Waals surface area (Å²) in [6, 6.07) is 11.2. The molecule has 0 spiro atoms. The molecule has 2 aromatic carbocycles. The highest BCUT2D eigenvalue weighted by Gasteiger charge is 2.49. The Labute approximate surface area is 271 Å². The lowest BCUT2D eigenvalue weighted by Gasteiger charge is -2.49. The number of halogens is 2. The van der Waals surface area contributed by atoms with E-state index in [2.05, 4.69) is 32.6 Å². The number of rotatable bonds is 10. The van der Waals surface area contributed by atoms with Crippen LogP contribution in [0.1, 0.15) is 83.8 Å². The lowest BCUT2D eigenvalue weighted by Crippen LogP contribution is -2.44. The number of carbonyl (C=O) groups is 2. The van der Waals surface area contributed by atoms with Crippen molar-refractivity contribution in [2.45, 2.75) is 79.2 Å². The van der Waals surface area contributed by atoms with Crippen LogP contribution in [0.25, 0.3) is 0 Å². The van der Waals surface area contributed by atoms with Gasteiger partial charge in [0.05, 0.1) is 16.7 Å². The van der Waals surface area contributed by atoms with Gasteiger partial charge in [0.25, 0.3) is 0 Å². The zero-order valence-corrected chi connectivity index (χ0v) is 28.2. The van der Waals surface area contributed by atoms with Gasteiger partial charge in [-0.05, 0) is 72.4 Å². The van der Waals surface area contributed by atoms with Crippen LogP contribution >= 0.6 is 23.2 Å². The van der Waals surface area contributed by atoms with Crippen LogP contribution in [0.4, 0.5) is 0 Å². The molecule has 2 aromatic rings. The Balaban J connectivity index is 1.61. The van der Waals surface area contributed by atoms with E-state index in [0.717, 1.165) is 52.9 Å². The maximum atomic E-state index is 14.1. The molecular weight excluding hydrogens is 597 g/mol. The summed E-state index contributed by atoms with van der Waals surface area (Å²) in [6.07, 6.45) is 3.23. The molecule has 5 rings (SSSR count). The first-order chi connectivity index (χ1) is 20.8. The van der Waals surface area contributed by atoms with Gasteiger partial charge in [-0.15, -0.1) is 0 Å². The van der Waals surface area contributed by atoms with Crippen molar-refractivity contribution in [2.24, 2.45) is 10.8 Å². The number of hydrogen-bond acceptors (Lipinski definition) is 6. The third kappa shape index (κ3) is 6.73. The van der Waals surface area contributed by atoms with Gasteiger partial charge in [-0.2, -0.15) is 0 Å². The summed E-state index contributed by atoms with van der Waals surface area (Å²) in [6.45, 7) is 12.6. The molecular formula is C36H43Cl2NO5. The third-order valence-corrected chi connectivity index (χ3v) is 9.47. The van der Waals surface area contributed by atoms with Crippen molar-refractivity contribution in [3.8, 4) is 11.5 Å². The van der Waals surface area contributed by atoms with Crippen molar-refractivity contribution >= 4 is 34.8 Å². The van der Waals surface area contributed by atoms with Gasteiger partial charge in [0.1, 0.15) is 6.61 Å². The average molecular weight is 641 g/mol. The fraction of sp³-hybridized carbons (Fsp3) is 0.500. The normalized spacial score (nSPS) is 19.7. The third-order valence-electron chi connectivity index (χ3n) is 8.73. The lowest BCUT2D eigenvalue weighted by molar-refractivity contribution is -0.119. The number of hydrogen-bond donors (Lipinski definition) is 0. The smallest absolute Gasteiger partial charge is 0.162 e. The quantitative estimate of drug-likeness (QED) is 0.242. The van der Waals surface area contributed by atoms with E-state index in [0.29, 0.717) is 54.1 Å². The molecule has 236 valence electrons. The predicted molar refractivity (Wildman–Crippen MR) is 174 cm³/mol. The van der Waals surface area contributed by atoms with E-state index in [1.54, 1.807) is 19.2 Å². The topological polar surface area (TPSA) is 65.1 Å². The second-order valence-corrected chi connectivity index (χ2v) is 14.5. The summed E-state index contributed by atoms with van der Waals surface area (Å²) in [4.78, 5) is 30.5. The summed E-state index contributed by atoms with van der Waals surface area (Å²) < 4.78 is 17.7. The molecule has 0 radical (unpaired) electrons. The summed E-state index contributed by atoms with van der Waals surface area (Å²) in [7, 11) is 1.70. The highest BCUT2D eigenvalue weighted by molar-refractivity contribution is 6.42. The van der Waals surface area contributed by atoms with E-state index >= 15 is 0 Å². The van der Waals surface area contributed by atoms with E-state index < -0.39 is 5.92 Å². The minimum atomic E-state index is -0.450. The SMILES string of the molecule is CCOc1cc(C2C3=C(CC(C)(C)CC3=O)N(CCCOC)C3=C2C(=O)CC(C)(C)C3)ccc1OCc1ccc(Cl)c(Cl)c1. The molecule has 3 aliphatic rings. The van der Waals surface area contributed by atoms with Gasteiger partial charge in [-0.25, -0.2) is 0 Å². The molecule has 6 nitrogen and oxygen atoms in total. The lowest BCUT2D eigenvalue weighted by atomic mass is 9.63. The van der Waals surface area contributed by atoms with E-state index in [9.17, 15) is 9.59 Å². The number of allylic oxidation sites excluding steroid dienone is 4. The van der Waals surface area contributed by atoms with Crippen LogP contribution in [-0.2, 0) is 20.9 Å². The van der Waals surface area contributed by atoms with Crippen LogP contribution < -0.4 is 9.47 Å². The summed E-state index contributed by atoms with van der Waals surface area (Å²) in [5.74, 6) is 0.924. The van der Waals surface area contributed by atoms with Gasteiger partial charge < -0.3 is 19.1 Å². The maximum Gasteiger partial charge on any atom is 0.162 e. The largest absolute Gasteiger partial charge is 0.490 e. The monoisotopic (exact) mass is 639 g/mol. The van der Waals surface area contributed by atoms with Crippen molar-refractivity contribution in [3.05, 3.63) is 80.1 Å². The van der Waals surface area contributed by atoms with E-state index in [-0.39, 0.29) is 29.0 Å². The van der Waals surface area contributed by atoms with Gasteiger partial charge in [-0.3, -0.25) is 9.59 Å². The second-order valence-electron chi connectivity index (χ2n) is 13.7. The fourth-order valence-corrected chi connectivity index (χ4v) is 7.22. The number of ether oxygens (including phenoxy) is 3. The van der Waals surface area contributed by atoms with Gasteiger partial charge in [0, 0.05) is 61.6 Å². The Morgan fingerprint density at radius 1 is 0.818 bits per heavy atom. The van der Waals surface area contributed by atoms with Gasteiger partial charge >= 0.3 is 0 Å². The highest BCUT2D eigenvalue weighted by atomic mass is 35.5. The van der Waals surface area contributed by atoms with Crippen molar-refractivity contribution in [1.29, 1.82) is 0 Å². The number of ketones is 2. The van der Waals surface area contributed by atoms with Gasteiger partial charge in [0.2, 0.25) is 0 Å². The summed E-state index contributed by atoms with van der Waals surface area (Å²) in [5.41, 5.74) is 5.00. The van der Waals surface area contributed by atoms with Crippen LogP contribution in [0.5, 0.6) is 11.5 Å². The molecule has 2 aliphatic carbocycles. The molecule has 0 unspecified atom stereocenters. The Morgan fingerprint density at radius 2 is 1.45 bits per heavy atom. The van der Waals surface area contributed by atoms with E-state index in [1.807, 2.05) is 31.2 Å². The maximum absolute atomic E-state index is 14.1.